The maximum atomic E-state index is 6.26. The minimum absolute atomic E-state index is 0.0799. The van der Waals surface area contributed by atoms with E-state index in [2.05, 4.69) is 6.07 Å². The zero-order chi connectivity index (χ0) is 13.0. The molecule has 1 aromatic carbocycles. The molecule has 18 heavy (non-hydrogen) atoms. The van der Waals surface area contributed by atoms with E-state index in [-0.39, 0.29) is 11.3 Å². The summed E-state index contributed by atoms with van der Waals surface area (Å²) in [4.78, 5) is 0. The summed E-state index contributed by atoms with van der Waals surface area (Å²) in [5.41, 5.74) is 7.24. The zero-order valence-corrected chi connectivity index (χ0v) is 12.2. The number of nitrogens with two attached hydrogens (primary N) is 1. The average Bonchev–Trinajstić information content (AvgIpc) is 2.84. The third kappa shape index (κ3) is 3.64. The van der Waals surface area contributed by atoms with Crippen molar-refractivity contribution in [1.29, 1.82) is 0 Å². The Bertz CT molecular complexity index is 380. The SMILES string of the molecule is CC(N)C(SCC1CCCO1)c1ccccc1Cl. The first-order valence-electron chi connectivity index (χ1n) is 6.41. The van der Waals surface area contributed by atoms with Crippen LogP contribution in [0.1, 0.15) is 30.6 Å². The van der Waals surface area contributed by atoms with E-state index in [1.54, 1.807) is 0 Å². The van der Waals surface area contributed by atoms with Crippen LogP contribution in [0.15, 0.2) is 24.3 Å². The maximum absolute atomic E-state index is 6.26. The lowest BCUT2D eigenvalue weighted by Crippen LogP contribution is -2.24. The fourth-order valence-corrected chi connectivity index (χ4v) is 3.91. The Morgan fingerprint density at radius 2 is 2.28 bits per heavy atom. The molecule has 100 valence electrons. The highest BCUT2D eigenvalue weighted by Crippen LogP contribution is 2.36. The van der Waals surface area contributed by atoms with Gasteiger partial charge in [0.05, 0.1) is 6.10 Å². The molecule has 0 amide bonds. The summed E-state index contributed by atoms with van der Waals surface area (Å²) in [6, 6.07) is 8.05. The van der Waals surface area contributed by atoms with Gasteiger partial charge in [-0.25, -0.2) is 0 Å². The van der Waals surface area contributed by atoms with Gasteiger partial charge in [-0.2, -0.15) is 0 Å². The van der Waals surface area contributed by atoms with Gasteiger partial charge in [-0.1, -0.05) is 29.8 Å². The summed E-state index contributed by atoms with van der Waals surface area (Å²) in [5, 5.41) is 1.04. The molecule has 0 spiro atoms. The van der Waals surface area contributed by atoms with Crippen LogP contribution in [0.5, 0.6) is 0 Å². The molecule has 0 aromatic heterocycles. The largest absolute Gasteiger partial charge is 0.377 e. The molecule has 1 heterocycles. The van der Waals surface area contributed by atoms with Crippen molar-refractivity contribution in [1.82, 2.24) is 0 Å². The second-order valence-corrected chi connectivity index (χ2v) is 6.35. The maximum Gasteiger partial charge on any atom is 0.0666 e. The van der Waals surface area contributed by atoms with Gasteiger partial charge in [0.2, 0.25) is 0 Å². The number of ether oxygens (including phenoxy) is 1. The fourth-order valence-electron chi connectivity index (χ4n) is 2.22. The number of thioether (sulfide) groups is 1. The molecule has 0 radical (unpaired) electrons. The Balaban J connectivity index is 2.01. The number of halogens is 1. The molecule has 1 aliphatic heterocycles. The molecule has 1 fully saturated rings. The van der Waals surface area contributed by atoms with Gasteiger partial charge >= 0.3 is 0 Å². The topological polar surface area (TPSA) is 35.2 Å². The van der Waals surface area contributed by atoms with Crippen LogP contribution >= 0.6 is 23.4 Å². The molecular weight excluding hydrogens is 266 g/mol. The van der Waals surface area contributed by atoms with Gasteiger partial charge in [0.15, 0.2) is 0 Å². The number of benzene rings is 1. The highest BCUT2D eigenvalue weighted by atomic mass is 35.5. The van der Waals surface area contributed by atoms with E-state index in [0.29, 0.717) is 6.10 Å². The van der Waals surface area contributed by atoms with Crippen molar-refractivity contribution < 1.29 is 4.74 Å². The first kappa shape index (κ1) is 14.2. The van der Waals surface area contributed by atoms with Gasteiger partial charge in [0, 0.05) is 28.7 Å². The Hall–Kier alpha value is -0.220. The zero-order valence-electron chi connectivity index (χ0n) is 10.6. The van der Waals surface area contributed by atoms with Crippen LogP contribution in [0.4, 0.5) is 0 Å². The van der Waals surface area contributed by atoms with Crippen LogP contribution in [0.3, 0.4) is 0 Å². The fraction of sp³-hybridized carbons (Fsp3) is 0.571. The quantitative estimate of drug-likeness (QED) is 0.897. The van der Waals surface area contributed by atoms with Crippen molar-refractivity contribution in [3.05, 3.63) is 34.9 Å². The minimum atomic E-state index is 0.0799. The Morgan fingerprint density at radius 1 is 1.50 bits per heavy atom. The lowest BCUT2D eigenvalue weighted by Gasteiger charge is -2.23. The second kappa shape index (κ2) is 6.80. The third-order valence-electron chi connectivity index (χ3n) is 3.17. The van der Waals surface area contributed by atoms with Crippen LogP contribution in [0.25, 0.3) is 0 Å². The summed E-state index contributed by atoms with van der Waals surface area (Å²) < 4.78 is 5.65. The molecule has 2 rings (SSSR count). The van der Waals surface area contributed by atoms with Gasteiger partial charge < -0.3 is 10.5 Å². The van der Waals surface area contributed by atoms with Crippen LogP contribution < -0.4 is 5.73 Å². The Morgan fingerprint density at radius 3 is 2.89 bits per heavy atom. The average molecular weight is 286 g/mol. The molecule has 2 nitrogen and oxygen atoms in total. The first-order chi connectivity index (χ1) is 8.68. The highest BCUT2D eigenvalue weighted by Gasteiger charge is 2.23. The van der Waals surface area contributed by atoms with Crippen LogP contribution in [-0.2, 0) is 4.74 Å². The van der Waals surface area contributed by atoms with Crippen LogP contribution in [0.2, 0.25) is 5.02 Å². The summed E-state index contributed by atoms with van der Waals surface area (Å²) in [5.74, 6) is 0.997. The molecule has 1 saturated heterocycles. The Labute approximate surface area is 118 Å². The van der Waals surface area contributed by atoms with Crippen molar-refractivity contribution in [3.63, 3.8) is 0 Å². The molecule has 2 N–H and O–H groups in total. The van der Waals surface area contributed by atoms with Gasteiger partial charge in [0.25, 0.3) is 0 Å². The van der Waals surface area contributed by atoms with Gasteiger partial charge in [-0.15, -0.1) is 11.8 Å². The van der Waals surface area contributed by atoms with Gasteiger partial charge in [-0.3, -0.25) is 0 Å². The van der Waals surface area contributed by atoms with Crippen molar-refractivity contribution >= 4 is 23.4 Å². The monoisotopic (exact) mass is 285 g/mol. The predicted molar refractivity (Wildman–Crippen MR) is 79.3 cm³/mol. The molecule has 1 aliphatic rings. The van der Waals surface area contributed by atoms with E-state index < -0.39 is 0 Å². The van der Waals surface area contributed by atoms with Crippen molar-refractivity contribution in [2.45, 2.75) is 37.2 Å². The van der Waals surface area contributed by atoms with Crippen molar-refractivity contribution in [2.24, 2.45) is 5.73 Å². The molecule has 0 saturated carbocycles. The Kier molecular flexibility index (Phi) is 5.37. The van der Waals surface area contributed by atoms with Gasteiger partial charge in [-0.05, 0) is 31.4 Å². The smallest absolute Gasteiger partial charge is 0.0666 e. The van der Waals surface area contributed by atoms with E-state index in [0.717, 1.165) is 22.9 Å². The molecule has 0 bridgehead atoms. The van der Waals surface area contributed by atoms with Crippen LogP contribution in [0, 0.1) is 0 Å². The second-order valence-electron chi connectivity index (χ2n) is 4.77. The molecule has 0 aliphatic carbocycles. The van der Waals surface area contributed by atoms with E-state index >= 15 is 0 Å². The molecule has 4 heteroatoms. The summed E-state index contributed by atoms with van der Waals surface area (Å²) in [6.07, 6.45) is 2.74. The molecular formula is C14H20ClNOS. The summed E-state index contributed by atoms with van der Waals surface area (Å²) in [6.45, 7) is 2.94. The standard InChI is InChI=1S/C14H20ClNOS/c1-10(16)14(12-6-2-3-7-13(12)15)18-9-11-5-4-8-17-11/h2-3,6-7,10-11,14H,4-5,8-9,16H2,1H3. The summed E-state index contributed by atoms with van der Waals surface area (Å²) >= 11 is 8.12. The minimum Gasteiger partial charge on any atom is -0.377 e. The highest BCUT2D eigenvalue weighted by molar-refractivity contribution is 7.99. The number of rotatable bonds is 5. The predicted octanol–water partition coefficient (Wildman–Crippen LogP) is 3.64. The third-order valence-corrected chi connectivity index (χ3v) is 5.13. The lowest BCUT2D eigenvalue weighted by molar-refractivity contribution is 0.128. The van der Waals surface area contributed by atoms with Crippen LogP contribution in [-0.4, -0.2) is 24.5 Å². The van der Waals surface area contributed by atoms with E-state index in [4.69, 9.17) is 22.1 Å². The van der Waals surface area contributed by atoms with E-state index in [1.807, 2.05) is 36.9 Å². The van der Waals surface area contributed by atoms with E-state index in [9.17, 15) is 0 Å². The molecule has 3 unspecified atom stereocenters. The number of hydrogen-bond acceptors (Lipinski definition) is 3. The van der Waals surface area contributed by atoms with Crippen molar-refractivity contribution in [3.8, 4) is 0 Å². The normalized spacial score (nSPS) is 22.9. The molecule has 1 aromatic rings. The van der Waals surface area contributed by atoms with Gasteiger partial charge in [0.1, 0.15) is 0 Å². The van der Waals surface area contributed by atoms with Crippen molar-refractivity contribution in [2.75, 3.05) is 12.4 Å². The summed E-state index contributed by atoms with van der Waals surface area (Å²) in [7, 11) is 0. The number of hydrogen-bond donors (Lipinski definition) is 1. The van der Waals surface area contributed by atoms with E-state index in [1.165, 1.54) is 12.8 Å². The lowest BCUT2D eigenvalue weighted by atomic mass is 10.1. The first-order valence-corrected chi connectivity index (χ1v) is 7.84. The molecule has 3 atom stereocenters.